The molecule has 0 spiro atoms. The van der Waals surface area contributed by atoms with Crippen LogP contribution in [0.25, 0.3) is 10.9 Å². The minimum absolute atomic E-state index is 0.0319. The first-order valence-electron chi connectivity index (χ1n) is 8.37. The number of carbonyl (C=O) groups excluding carboxylic acids is 1. The van der Waals surface area contributed by atoms with E-state index in [4.69, 9.17) is 0 Å². The summed E-state index contributed by atoms with van der Waals surface area (Å²) in [5.74, 6) is 0.0319. The van der Waals surface area contributed by atoms with Crippen LogP contribution in [0.3, 0.4) is 0 Å². The quantitative estimate of drug-likeness (QED) is 0.785. The van der Waals surface area contributed by atoms with Gasteiger partial charge in [0.05, 0.1) is 11.3 Å². The highest BCUT2D eigenvalue weighted by molar-refractivity contribution is 5.98. The van der Waals surface area contributed by atoms with Gasteiger partial charge in [-0.2, -0.15) is 5.26 Å². The molecule has 1 amide bonds. The van der Waals surface area contributed by atoms with Crippen molar-refractivity contribution in [2.75, 3.05) is 31.1 Å². The van der Waals surface area contributed by atoms with E-state index in [9.17, 15) is 10.1 Å². The van der Waals surface area contributed by atoms with Gasteiger partial charge in [-0.3, -0.25) is 4.79 Å². The van der Waals surface area contributed by atoms with E-state index in [1.165, 1.54) is 0 Å². The number of nitrogens with zero attached hydrogens (tertiary/aromatic N) is 3. The van der Waals surface area contributed by atoms with E-state index in [1.807, 2.05) is 59.5 Å². The van der Waals surface area contributed by atoms with Crippen molar-refractivity contribution in [2.45, 2.75) is 0 Å². The Bertz CT molecular complexity index is 928. The zero-order valence-electron chi connectivity index (χ0n) is 13.8. The van der Waals surface area contributed by atoms with Gasteiger partial charge in [-0.25, -0.2) is 0 Å². The number of aromatic amines is 1. The fourth-order valence-corrected chi connectivity index (χ4v) is 3.35. The summed E-state index contributed by atoms with van der Waals surface area (Å²) in [4.78, 5) is 20.0. The molecule has 0 unspecified atom stereocenters. The molecular formula is C20H18N4O. The zero-order valence-corrected chi connectivity index (χ0v) is 13.8. The highest BCUT2D eigenvalue weighted by atomic mass is 16.2. The third-order valence-electron chi connectivity index (χ3n) is 4.69. The average Bonchev–Trinajstić information content (AvgIpc) is 3.12. The number of carbonyl (C=O) groups is 1. The van der Waals surface area contributed by atoms with E-state index in [0.717, 1.165) is 29.7 Å². The lowest BCUT2D eigenvalue weighted by Gasteiger charge is -2.36. The third kappa shape index (κ3) is 2.83. The molecule has 2 heterocycles. The van der Waals surface area contributed by atoms with E-state index >= 15 is 0 Å². The molecule has 0 radical (unpaired) electrons. The highest BCUT2D eigenvalue weighted by Gasteiger charge is 2.24. The van der Waals surface area contributed by atoms with Crippen LogP contribution in [0.5, 0.6) is 0 Å². The number of piperazine rings is 1. The van der Waals surface area contributed by atoms with Crippen molar-refractivity contribution in [1.29, 1.82) is 5.26 Å². The molecule has 4 rings (SSSR count). The van der Waals surface area contributed by atoms with Crippen molar-refractivity contribution < 1.29 is 4.79 Å². The first-order valence-corrected chi connectivity index (χ1v) is 8.37. The minimum Gasteiger partial charge on any atom is -0.367 e. The van der Waals surface area contributed by atoms with Crippen molar-refractivity contribution in [3.63, 3.8) is 0 Å². The molecule has 0 atom stereocenters. The molecule has 3 aromatic rings. The Kier molecular flexibility index (Phi) is 3.87. The number of H-pyrrole nitrogens is 1. The second kappa shape index (κ2) is 6.33. The summed E-state index contributed by atoms with van der Waals surface area (Å²) in [6.07, 6.45) is 0. The normalized spacial score (nSPS) is 14.5. The molecule has 124 valence electrons. The summed E-state index contributed by atoms with van der Waals surface area (Å²) in [5.41, 5.74) is 3.24. The Balaban J connectivity index is 1.48. The summed E-state index contributed by atoms with van der Waals surface area (Å²) in [7, 11) is 0. The van der Waals surface area contributed by atoms with Crippen LogP contribution < -0.4 is 4.90 Å². The Labute approximate surface area is 146 Å². The van der Waals surface area contributed by atoms with Crippen molar-refractivity contribution >= 4 is 22.5 Å². The summed E-state index contributed by atoms with van der Waals surface area (Å²) in [6.45, 7) is 2.75. The van der Waals surface area contributed by atoms with Gasteiger partial charge < -0.3 is 14.8 Å². The lowest BCUT2D eigenvalue weighted by molar-refractivity contribution is 0.0742. The van der Waals surface area contributed by atoms with E-state index < -0.39 is 0 Å². The topological polar surface area (TPSA) is 63.1 Å². The number of nitrogens with one attached hydrogen (secondary N) is 1. The molecule has 5 nitrogen and oxygen atoms in total. The molecular weight excluding hydrogens is 312 g/mol. The first-order chi connectivity index (χ1) is 12.3. The number of hydrogen-bond acceptors (Lipinski definition) is 3. The number of aromatic nitrogens is 1. The maximum absolute atomic E-state index is 12.8. The average molecular weight is 330 g/mol. The van der Waals surface area contributed by atoms with Gasteiger partial charge in [-0.1, -0.05) is 30.3 Å². The summed E-state index contributed by atoms with van der Waals surface area (Å²) >= 11 is 0. The molecule has 1 saturated heterocycles. The summed E-state index contributed by atoms with van der Waals surface area (Å²) < 4.78 is 0. The number of fused-ring (bicyclic) bond motifs is 1. The molecule has 1 aliphatic heterocycles. The van der Waals surface area contributed by atoms with Gasteiger partial charge in [0.25, 0.3) is 5.91 Å². The van der Waals surface area contributed by atoms with Gasteiger partial charge in [0.2, 0.25) is 0 Å². The summed E-state index contributed by atoms with van der Waals surface area (Å²) in [6, 6.07) is 19.7. The summed E-state index contributed by atoms with van der Waals surface area (Å²) in [5, 5.41) is 10.3. The van der Waals surface area contributed by atoms with Crippen molar-refractivity contribution in [2.24, 2.45) is 0 Å². The van der Waals surface area contributed by atoms with Crippen LogP contribution in [0.1, 0.15) is 16.1 Å². The second-order valence-corrected chi connectivity index (χ2v) is 6.18. The Hall–Kier alpha value is -3.26. The molecule has 1 aromatic heterocycles. The van der Waals surface area contributed by atoms with Crippen molar-refractivity contribution in [3.8, 4) is 6.07 Å². The number of benzene rings is 2. The predicted octanol–water partition coefficient (Wildman–Crippen LogP) is 3.00. The number of hydrogen-bond donors (Lipinski definition) is 1. The maximum atomic E-state index is 12.8. The third-order valence-corrected chi connectivity index (χ3v) is 4.69. The molecule has 25 heavy (non-hydrogen) atoms. The van der Waals surface area contributed by atoms with Crippen LogP contribution in [0.15, 0.2) is 54.6 Å². The first kappa shape index (κ1) is 15.3. The Morgan fingerprint density at radius 1 is 1.00 bits per heavy atom. The van der Waals surface area contributed by atoms with Gasteiger partial charge in [0, 0.05) is 37.1 Å². The van der Waals surface area contributed by atoms with Crippen LogP contribution in [0, 0.1) is 11.3 Å². The number of anilines is 1. The van der Waals surface area contributed by atoms with Crippen molar-refractivity contribution in [3.05, 3.63) is 65.9 Å². The molecule has 0 saturated carbocycles. The van der Waals surface area contributed by atoms with Gasteiger partial charge in [-0.15, -0.1) is 0 Å². The Morgan fingerprint density at radius 3 is 2.48 bits per heavy atom. The van der Waals surface area contributed by atoms with Gasteiger partial charge >= 0.3 is 0 Å². The minimum atomic E-state index is 0.0319. The van der Waals surface area contributed by atoms with Crippen molar-refractivity contribution in [1.82, 2.24) is 9.88 Å². The van der Waals surface area contributed by atoms with Gasteiger partial charge in [0.15, 0.2) is 0 Å². The molecule has 0 aliphatic carbocycles. The number of para-hydroxylation sites is 2. The fraction of sp³-hybridized carbons (Fsp3) is 0.200. The fourth-order valence-electron chi connectivity index (χ4n) is 3.35. The zero-order chi connectivity index (χ0) is 17.2. The molecule has 5 heteroatoms. The maximum Gasteiger partial charge on any atom is 0.270 e. The SMILES string of the molecule is N#Cc1ccccc1N1CCN(C(=O)c2cc3ccccc3[nH]2)CC1. The van der Waals surface area contributed by atoms with E-state index in [-0.39, 0.29) is 5.91 Å². The molecule has 2 aromatic carbocycles. The molecule has 1 N–H and O–H groups in total. The largest absolute Gasteiger partial charge is 0.367 e. The number of rotatable bonds is 2. The Morgan fingerprint density at radius 2 is 1.72 bits per heavy atom. The highest BCUT2D eigenvalue weighted by Crippen LogP contribution is 2.22. The second-order valence-electron chi connectivity index (χ2n) is 6.18. The van der Waals surface area contributed by atoms with E-state index in [0.29, 0.717) is 24.3 Å². The monoisotopic (exact) mass is 330 g/mol. The van der Waals surface area contributed by atoms with Crippen LogP contribution >= 0.6 is 0 Å². The smallest absolute Gasteiger partial charge is 0.270 e. The van der Waals surface area contributed by atoms with Crippen LogP contribution in [0.4, 0.5) is 5.69 Å². The van der Waals surface area contributed by atoms with E-state index in [1.54, 1.807) is 0 Å². The van der Waals surface area contributed by atoms with E-state index in [2.05, 4.69) is 16.0 Å². The van der Waals surface area contributed by atoms with Crippen LogP contribution in [-0.2, 0) is 0 Å². The van der Waals surface area contributed by atoms with Gasteiger partial charge in [-0.05, 0) is 24.3 Å². The predicted molar refractivity (Wildman–Crippen MR) is 97.6 cm³/mol. The standard InChI is InChI=1S/C20H18N4O/c21-14-16-6-2-4-8-19(16)23-9-11-24(12-10-23)20(25)18-13-15-5-1-3-7-17(15)22-18/h1-8,13,22H,9-12H2. The molecule has 1 aliphatic rings. The van der Waals surface area contributed by atoms with Crippen LogP contribution in [0.2, 0.25) is 0 Å². The van der Waals surface area contributed by atoms with Gasteiger partial charge in [0.1, 0.15) is 11.8 Å². The lowest BCUT2D eigenvalue weighted by atomic mass is 10.1. The molecule has 1 fully saturated rings. The number of amides is 1. The molecule has 0 bridgehead atoms. The lowest BCUT2D eigenvalue weighted by Crippen LogP contribution is -2.49. The van der Waals surface area contributed by atoms with Crippen LogP contribution in [-0.4, -0.2) is 42.0 Å². The number of nitriles is 1.